The Hall–Kier alpha value is -14.3. The summed E-state index contributed by atoms with van der Waals surface area (Å²) in [7, 11) is 0. The summed E-state index contributed by atoms with van der Waals surface area (Å²) in [6, 6.07) is 16.8. The first-order valence-corrected chi connectivity index (χ1v) is 42.8. The predicted octanol–water partition coefficient (Wildman–Crippen LogP) is 13.2. The van der Waals surface area contributed by atoms with E-state index in [0.717, 1.165) is 32.0 Å². The van der Waals surface area contributed by atoms with Gasteiger partial charge in [-0.05, 0) is 110 Å². The number of nitrogens with two attached hydrogens (primary N) is 1. The number of hydrogen-bond donors (Lipinski definition) is 3. The molecule has 4 N–H and O–H groups in total. The Morgan fingerprint density at radius 3 is 1.08 bits per heavy atom. The van der Waals surface area contributed by atoms with Crippen molar-refractivity contribution < 1.29 is 84.1 Å². The predicted molar refractivity (Wildman–Crippen MR) is 464 cm³/mol. The fourth-order valence-corrected chi connectivity index (χ4v) is 17.3. The molecule has 132 heavy (non-hydrogen) atoms. The van der Waals surface area contributed by atoms with Crippen LogP contribution in [0.4, 0.5) is 71.9 Å². The number of nitrogens with one attached hydrogen (secondary N) is 2. The summed E-state index contributed by atoms with van der Waals surface area (Å²) >= 11 is 0. The zero-order valence-electron chi connectivity index (χ0n) is 72.8. The number of hydrogen-bond acceptors (Lipinski definition) is 28. The van der Waals surface area contributed by atoms with Gasteiger partial charge in [-0.25, -0.2) is 86.2 Å². The quantitative estimate of drug-likeness (QED) is 0.0517. The molecule has 9 aliphatic rings. The number of benzene rings is 4. The van der Waals surface area contributed by atoms with Crippen LogP contribution < -0.4 is 35.3 Å². The van der Waals surface area contributed by atoms with Gasteiger partial charge in [0.05, 0.1) is 102 Å². The molecule has 7 aromatic heterocycles. The van der Waals surface area contributed by atoms with E-state index in [4.69, 9.17) is 84.1 Å². The molecule has 1 saturated carbocycles. The lowest BCUT2D eigenvalue weighted by Gasteiger charge is -2.46. The van der Waals surface area contributed by atoms with E-state index in [2.05, 4.69) is 84.8 Å². The van der Waals surface area contributed by atoms with E-state index in [1.54, 1.807) is 37.5 Å². The van der Waals surface area contributed by atoms with Gasteiger partial charge in [-0.3, -0.25) is 13.7 Å². The van der Waals surface area contributed by atoms with Crippen LogP contribution in [0, 0.1) is 96.9 Å². The van der Waals surface area contributed by atoms with Crippen LogP contribution >= 0.6 is 0 Å². The highest BCUT2D eigenvalue weighted by Crippen LogP contribution is 2.43. The third kappa shape index (κ3) is 19.6. The molecule has 1 aliphatic carbocycles. The number of fused-ring (bicyclic) bond motifs is 11. The van der Waals surface area contributed by atoms with Crippen molar-refractivity contribution in [2.45, 2.75) is 103 Å². The zero-order chi connectivity index (χ0) is 92.4. The van der Waals surface area contributed by atoms with Gasteiger partial charge in [0.25, 0.3) is 0 Å². The molecule has 8 atom stereocenters. The topological polar surface area (TPSA) is 387 Å². The number of carbonyl (C=O) groups is 3. The molecule has 0 radical (unpaired) electrons. The lowest BCUT2D eigenvalue weighted by molar-refractivity contribution is -0.113. The number of likely N-dealkylation sites (tertiary alicyclic amines) is 3. The highest BCUT2D eigenvalue weighted by Gasteiger charge is 2.50. The maximum atomic E-state index is 14.6. The SMILES string of the molecule is [C-]#[N+]c1ccc(-n2cnc3c(OC4C5CNCC4COC5)ncnc32)c(F)c1.[C-]#[N+]c1ccc(-n2cnc3c(OC4C5COCC4CN(C(=O)OC(C)(C)C)C5)ncnc32)c(F)c1.[C-]#[N+]c1ccc(-n2cnc3c(OC4C5COCC4CN(C(=O)OC4(C)CC4)C5)ncnc32)c(F)c1.[C-]#[N+]c1ccc(Nc2ncnc(OC3C4COCC3CN(C(=O)OC(C)(C)C)C4)c2N)c(F)c1. The van der Waals surface area contributed by atoms with Crippen LogP contribution in [0.3, 0.4) is 0 Å². The van der Waals surface area contributed by atoms with E-state index >= 15 is 0 Å². The molecule has 0 spiro atoms. The Morgan fingerprint density at radius 2 is 0.742 bits per heavy atom. The first kappa shape index (κ1) is 89.7. The smallest absolute Gasteiger partial charge is 0.410 e. The first-order chi connectivity index (χ1) is 63.6. The molecule has 8 aliphatic heterocycles. The molecule has 38 nitrogen and oxygen atoms in total. The number of ether oxygens (including phenoxy) is 11. The number of carbonyl (C=O) groups excluding carboxylic acids is 3. The van der Waals surface area contributed by atoms with Crippen LogP contribution in [0.5, 0.6) is 23.5 Å². The number of imidazole rings is 3. The Labute approximate surface area is 753 Å². The van der Waals surface area contributed by atoms with Crippen molar-refractivity contribution >= 4 is 91.7 Å². The molecule has 4 aromatic carbocycles. The van der Waals surface area contributed by atoms with E-state index in [1.165, 1.54) is 102 Å². The van der Waals surface area contributed by atoms with E-state index in [1.807, 2.05) is 48.5 Å². The third-order valence-corrected chi connectivity index (χ3v) is 23.8. The first-order valence-electron chi connectivity index (χ1n) is 42.8. The van der Waals surface area contributed by atoms with E-state index in [9.17, 15) is 31.9 Å². The van der Waals surface area contributed by atoms with Crippen LogP contribution in [0.25, 0.3) is 69.9 Å². The van der Waals surface area contributed by atoms with Crippen molar-refractivity contribution in [3.8, 4) is 40.6 Å². The van der Waals surface area contributed by atoms with Crippen LogP contribution in [-0.4, -0.2) is 248 Å². The van der Waals surface area contributed by atoms with Crippen molar-refractivity contribution in [2.75, 3.05) is 116 Å². The molecule has 8 saturated heterocycles. The van der Waals surface area contributed by atoms with Gasteiger partial charge in [0.1, 0.15) is 114 Å². The van der Waals surface area contributed by atoms with Crippen LogP contribution in [0.2, 0.25) is 0 Å². The number of aromatic nitrogens is 14. The molecule has 9 fully saturated rings. The Kier molecular flexibility index (Phi) is 25.6. The summed E-state index contributed by atoms with van der Waals surface area (Å²) in [6.45, 7) is 49.4. The number of nitrogen functional groups attached to an aromatic ring is 1. The minimum absolute atomic E-state index is 0.00654. The number of anilines is 3. The maximum Gasteiger partial charge on any atom is 0.410 e. The van der Waals surface area contributed by atoms with Gasteiger partial charge in [0.15, 0.2) is 62.1 Å². The van der Waals surface area contributed by atoms with E-state index in [0.29, 0.717) is 143 Å². The van der Waals surface area contributed by atoms with Crippen LogP contribution in [0.1, 0.15) is 61.3 Å². The standard InChI is InChI=1S/C24H23FN6O4.C24H25FN6O4.C23H27FN6O4.C19H17FN6O2/c1-24(5-6-24)35-23(32)30-8-14-10-33-11-15(9-30)20(14)34-22-19-21(27-12-28-22)31(13-29-19)18-4-3-16(26-2)7-17(18)25;1-24(2,3)35-23(32)30-8-14-10-33-11-15(9-30)20(14)34-22-19-21(27-12-28-22)31(13-29-19)18-6-5-16(26-4)7-17(18)25;1-23(2,3)34-22(31)30-8-13-10-32-11-14(9-30)19(13)33-21-18(25)20(27-12-28-21)29-17-6-5-15(26-4)7-16(17)24;1-21-13-2-3-15(14(20)4-13)26-10-25-16-18(26)23-9-24-19(16)28-17-11-5-22-6-12(17)8-27-7-11/h3-4,7,12-15,20H,5-6,8-11H2,1H3;5-7,12-15,20H,8-11H2,1-3H3;5-7,12-14,19H,8-11,25H2,1-3H3,(H,27,28,29);2-4,9-12,17,22H,5-8H2. The monoisotopic (exact) mass is 1810 g/mol. The summed E-state index contributed by atoms with van der Waals surface area (Å²) in [5.41, 5.74) is 9.12. The van der Waals surface area contributed by atoms with Gasteiger partial charge < -0.3 is 83.2 Å². The highest BCUT2D eigenvalue weighted by atomic mass is 19.1. The lowest BCUT2D eigenvalue weighted by atomic mass is 9.84. The van der Waals surface area contributed by atoms with Gasteiger partial charge in [0.2, 0.25) is 23.5 Å². The van der Waals surface area contributed by atoms with Gasteiger partial charge in [-0.1, -0.05) is 24.3 Å². The van der Waals surface area contributed by atoms with Crippen LogP contribution in [0.15, 0.2) is 117 Å². The summed E-state index contributed by atoms with van der Waals surface area (Å²) in [6.07, 6.45) is 9.88. The number of nitrogens with zero attached hydrogens (tertiary/aromatic N) is 21. The minimum atomic E-state index is -0.602. The molecule has 42 heteroatoms. The summed E-state index contributed by atoms with van der Waals surface area (Å²) in [5, 5.41) is 6.24. The second-order valence-corrected chi connectivity index (χ2v) is 35.7. The maximum absolute atomic E-state index is 14.6. The lowest BCUT2D eigenvalue weighted by Crippen LogP contribution is -2.59. The summed E-state index contributed by atoms with van der Waals surface area (Å²) in [4.78, 5) is 103. The number of halogens is 4. The zero-order valence-corrected chi connectivity index (χ0v) is 72.8. The fourth-order valence-electron chi connectivity index (χ4n) is 17.3. The second-order valence-electron chi connectivity index (χ2n) is 35.7. The van der Waals surface area contributed by atoms with Crippen LogP contribution in [-0.2, 0) is 33.2 Å². The average Bonchev–Trinajstić information content (AvgIpc) is 1.49. The Bertz CT molecular complexity index is 6100. The average molecular weight is 1810 g/mol. The number of piperidine rings is 4. The molecule has 11 aromatic rings. The van der Waals surface area contributed by atoms with Gasteiger partial charge >= 0.3 is 18.3 Å². The largest absolute Gasteiger partial charge is 0.472 e. The number of amides is 3. The van der Waals surface area contributed by atoms with Crippen molar-refractivity contribution in [3.63, 3.8) is 0 Å². The van der Waals surface area contributed by atoms with E-state index in [-0.39, 0.29) is 159 Å². The molecule has 15 heterocycles. The second kappa shape index (κ2) is 37.6. The highest BCUT2D eigenvalue weighted by molar-refractivity contribution is 5.81. The van der Waals surface area contributed by atoms with Gasteiger partial charge in [-0.15, -0.1) is 0 Å². The molecular formula is C90H92F4N24O14. The van der Waals surface area contributed by atoms with Crippen molar-refractivity contribution in [1.82, 2.24) is 88.5 Å². The minimum Gasteiger partial charge on any atom is -0.472 e. The number of rotatable bonds is 14. The van der Waals surface area contributed by atoms with Gasteiger partial charge in [-0.2, -0.15) is 19.9 Å². The van der Waals surface area contributed by atoms with Crippen molar-refractivity contribution in [1.29, 1.82) is 0 Å². The fraction of sp³-hybridized carbons (Fsp3) is 0.444. The molecular weight excluding hydrogens is 1720 g/mol. The van der Waals surface area contributed by atoms with Gasteiger partial charge in [0, 0.05) is 99.7 Å². The Balaban J connectivity index is 0.000000123. The molecule has 684 valence electrons. The van der Waals surface area contributed by atoms with Crippen molar-refractivity contribution in [3.05, 3.63) is 186 Å². The van der Waals surface area contributed by atoms with E-state index < -0.39 is 34.5 Å². The molecule has 20 rings (SSSR count). The molecule has 8 unspecified atom stereocenters. The Morgan fingerprint density at radius 1 is 0.432 bits per heavy atom. The summed E-state index contributed by atoms with van der Waals surface area (Å²) in [5.74, 6) is -0.803. The third-order valence-electron chi connectivity index (χ3n) is 23.8. The van der Waals surface area contributed by atoms with Crippen molar-refractivity contribution in [2.24, 2.45) is 47.3 Å². The molecule has 3 amide bonds. The normalized spacial score (nSPS) is 23.1. The molecule has 8 bridgehead atoms. The summed E-state index contributed by atoms with van der Waals surface area (Å²) < 4.78 is 127.